The van der Waals surface area contributed by atoms with Gasteiger partial charge in [-0.2, -0.15) is 0 Å². The highest BCUT2D eigenvalue weighted by Crippen LogP contribution is 2.40. The monoisotopic (exact) mass is 312 g/mol. The van der Waals surface area contributed by atoms with E-state index < -0.39 is 5.72 Å². The van der Waals surface area contributed by atoms with Gasteiger partial charge < -0.3 is 10.0 Å². The molecular formula is C19H24N2O2. The van der Waals surface area contributed by atoms with E-state index in [-0.39, 0.29) is 11.6 Å². The summed E-state index contributed by atoms with van der Waals surface area (Å²) in [6.45, 7) is 8.32. The lowest BCUT2D eigenvalue weighted by Gasteiger charge is -2.53. The van der Waals surface area contributed by atoms with Crippen LogP contribution >= 0.6 is 0 Å². The summed E-state index contributed by atoms with van der Waals surface area (Å²) in [5, 5.41) is 13.1. The number of amides is 2. The topological polar surface area (TPSA) is 43.8 Å². The van der Waals surface area contributed by atoms with Crippen molar-refractivity contribution in [2.24, 2.45) is 0 Å². The third-order valence-electron chi connectivity index (χ3n) is 4.73. The molecule has 0 aliphatic carbocycles. The van der Waals surface area contributed by atoms with Gasteiger partial charge >= 0.3 is 6.03 Å². The molecule has 2 amide bonds. The Balaban J connectivity index is 2.18. The lowest BCUT2D eigenvalue weighted by Crippen LogP contribution is -2.68. The standard InChI is InChI=1S/C19H24N2O2/c1-5-20-17(22)21(19(4,23)13-18(20,2)3)16-12-8-10-14-9-6-7-11-15(14)16/h6-12,23H,5,13H2,1-4H3/t19-/m0/s1. The number of rotatable bonds is 2. The van der Waals surface area contributed by atoms with Crippen LogP contribution in [-0.4, -0.2) is 33.8 Å². The van der Waals surface area contributed by atoms with Gasteiger partial charge in [0.15, 0.2) is 0 Å². The van der Waals surface area contributed by atoms with Crippen LogP contribution in [0, 0.1) is 0 Å². The van der Waals surface area contributed by atoms with Gasteiger partial charge in [-0.1, -0.05) is 36.4 Å². The molecule has 0 bridgehead atoms. The Labute approximate surface area is 137 Å². The van der Waals surface area contributed by atoms with E-state index in [9.17, 15) is 9.90 Å². The quantitative estimate of drug-likeness (QED) is 0.911. The summed E-state index contributed by atoms with van der Waals surface area (Å²) in [4.78, 5) is 16.5. The van der Waals surface area contributed by atoms with E-state index in [0.717, 1.165) is 16.5 Å². The fraction of sp³-hybridized carbons (Fsp3) is 0.421. The molecule has 23 heavy (non-hydrogen) atoms. The smallest absolute Gasteiger partial charge is 0.327 e. The second-order valence-electron chi connectivity index (χ2n) is 7.07. The molecule has 0 radical (unpaired) electrons. The summed E-state index contributed by atoms with van der Waals surface area (Å²) in [5.41, 5.74) is -0.848. The fourth-order valence-corrected chi connectivity index (χ4v) is 3.91. The molecular weight excluding hydrogens is 288 g/mol. The Morgan fingerprint density at radius 1 is 1.09 bits per heavy atom. The maximum absolute atomic E-state index is 13.1. The van der Waals surface area contributed by atoms with E-state index in [0.29, 0.717) is 13.0 Å². The van der Waals surface area contributed by atoms with E-state index in [1.54, 1.807) is 11.8 Å². The zero-order valence-corrected chi connectivity index (χ0v) is 14.2. The van der Waals surface area contributed by atoms with Gasteiger partial charge in [-0.15, -0.1) is 0 Å². The van der Waals surface area contributed by atoms with Crippen LogP contribution in [0.4, 0.5) is 10.5 Å². The van der Waals surface area contributed by atoms with E-state index in [2.05, 4.69) is 0 Å². The van der Waals surface area contributed by atoms with Gasteiger partial charge in [-0.25, -0.2) is 4.79 Å². The zero-order valence-electron chi connectivity index (χ0n) is 14.2. The van der Waals surface area contributed by atoms with Crippen LogP contribution in [-0.2, 0) is 0 Å². The number of carbonyl (C=O) groups is 1. The number of hydrogen-bond acceptors (Lipinski definition) is 2. The molecule has 0 aromatic heterocycles. The Kier molecular flexibility index (Phi) is 3.60. The number of benzene rings is 2. The second kappa shape index (κ2) is 5.24. The number of urea groups is 1. The lowest BCUT2D eigenvalue weighted by atomic mass is 9.87. The normalized spacial score (nSPS) is 24.3. The predicted octanol–water partition coefficient (Wildman–Crippen LogP) is 3.98. The summed E-state index contributed by atoms with van der Waals surface area (Å²) in [6.07, 6.45) is 0.489. The third-order valence-corrected chi connectivity index (χ3v) is 4.73. The van der Waals surface area contributed by atoms with Crippen LogP contribution in [0.25, 0.3) is 10.8 Å². The number of aliphatic hydroxyl groups is 1. The summed E-state index contributed by atoms with van der Waals surface area (Å²) < 4.78 is 0. The molecule has 1 heterocycles. The first-order chi connectivity index (χ1) is 10.8. The summed E-state index contributed by atoms with van der Waals surface area (Å²) >= 11 is 0. The fourth-order valence-electron chi connectivity index (χ4n) is 3.91. The molecule has 122 valence electrons. The van der Waals surface area contributed by atoms with Crippen molar-refractivity contribution in [2.75, 3.05) is 11.4 Å². The van der Waals surface area contributed by atoms with E-state index in [1.807, 2.05) is 68.1 Å². The second-order valence-corrected chi connectivity index (χ2v) is 7.07. The minimum Gasteiger partial charge on any atom is -0.371 e. The van der Waals surface area contributed by atoms with Gasteiger partial charge in [-0.3, -0.25) is 4.90 Å². The van der Waals surface area contributed by atoms with Gasteiger partial charge in [0.1, 0.15) is 5.72 Å². The van der Waals surface area contributed by atoms with Gasteiger partial charge in [0.2, 0.25) is 0 Å². The van der Waals surface area contributed by atoms with E-state index in [4.69, 9.17) is 0 Å². The molecule has 0 spiro atoms. The summed E-state index contributed by atoms with van der Waals surface area (Å²) in [5.74, 6) is 0. The highest BCUT2D eigenvalue weighted by atomic mass is 16.3. The first-order valence-corrected chi connectivity index (χ1v) is 8.10. The number of hydrogen-bond donors (Lipinski definition) is 1. The molecule has 3 rings (SSSR count). The molecule has 1 fully saturated rings. The van der Waals surface area contributed by atoms with Crippen LogP contribution in [0.1, 0.15) is 34.1 Å². The van der Waals surface area contributed by atoms with Crippen molar-refractivity contribution in [3.8, 4) is 0 Å². The van der Waals surface area contributed by atoms with Crippen LogP contribution in [0.3, 0.4) is 0 Å². The molecule has 1 saturated heterocycles. The predicted molar refractivity (Wildman–Crippen MR) is 93.5 cm³/mol. The van der Waals surface area contributed by atoms with Gasteiger partial charge in [0.05, 0.1) is 5.69 Å². The molecule has 1 aliphatic rings. The van der Waals surface area contributed by atoms with Crippen molar-refractivity contribution in [3.63, 3.8) is 0 Å². The minimum atomic E-state index is -1.23. The maximum Gasteiger partial charge on any atom is 0.327 e. The SMILES string of the molecule is CCN1C(=O)N(c2cccc3ccccc23)[C@@](C)(O)CC1(C)C. The Morgan fingerprint density at radius 3 is 2.43 bits per heavy atom. The third kappa shape index (κ3) is 2.47. The summed E-state index contributed by atoms with van der Waals surface area (Å²) in [7, 11) is 0. The van der Waals surface area contributed by atoms with Crippen molar-refractivity contribution in [3.05, 3.63) is 42.5 Å². The Morgan fingerprint density at radius 2 is 1.74 bits per heavy atom. The molecule has 4 nitrogen and oxygen atoms in total. The largest absolute Gasteiger partial charge is 0.371 e. The Hall–Kier alpha value is -2.07. The molecule has 1 aliphatic heterocycles. The Bertz CT molecular complexity index is 747. The molecule has 4 heteroatoms. The number of fused-ring (bicyclic) bond motifs is 1. The molecule has 2 aromatic rings. The first-order valence-electron chi connectivity index (χ1n) is 8.10. The maximum atomic E-state index is 13.1. The zero-order chi connectivity index (χ0) is 16.8. The highest BCUT2D eigenvalue weighted by Gasteiger charge is 2.50. The van der Waals surface area contributed by atoms with Crippen molar-refractivity contribution in [2.45, 2.75) is 45.4 Å². The van der Waals surface area contributed by atoms with Gasteiger partial charge in [0.25, 0.3) is 0 Å². The van der Waals surface area contributed by atoms with Gasteiger partial charge in [0, 0.05) is 23.9 Å². The van der Waals surface area contributed by atoms with Crippen LogP contribution in [0.15, 0.2) is 42.5 Å². The average Bonchev–Trinajstić information content (AvgIpc) is 2.45. The molecule has 1 N–H and O–H groups in total. The van der Waals surface area contributed by atoms with Crippen molar-refractivity contribution in [1.29, 1.82) is 0 Å². The van der Waals surface area contributed by atoms with Crippen LogP contribution in [0.5, 0.6) is 0 Å². The molecule has 2 aromatic carbocycles. The number of anilines is 1. The molecule has 1 atom stereocenters. The van der Waals surface area contributed by atoms with Crippen LogP contribution < -0.4 is 4.90 Å². The molecule has 0 unspecified atom stereocenters. The lowest BCUT2D eigenvalue weighted by molar-refractivity contribution is -0.0237. The van der Waals surface area contributed by atoms with E-state index >= 15 is 0 Å². The minimum absolute atomic E-state index is 0.148. The molecule has 0 saturated carbocycles. The van der Waals surface area contributed by atoms with Crippen molar-refractivity contribution >= 4 is 22.5 Å². The van der Waals surface area contributed by atoms with Crippen LogP contribution in [0.2, 0.25) is 0 Å². The van der Waals surface area contributed by atoms with E-state index in [1.165, 1.54) is 0 Å². The van der Waals surface area contributed by atoms with Crippen molar-refractivity contribution in [1.82, 2.24) is 4.90 Å². The number of carbonyl (C=O) groups excluding carboxylic acids is 1. The van der Waals surface area contributed by atoms with Crippen molar-refractivity contribution < 1.29 is 9.90 Å². The average molecular weight is 312 g/mol. The first kappa shape index (κ1) is 15.8. The van der Waals surface area contributed by atoms with Gasteiger partial charge in [-0.05, 0) is 39.1 Å². The highest BCUT2D eigenvalue weighted by molar-refractivity contribution is 6.04. The summed E-state index contributed by atoms with van der Waals surface area (Å²) in [6, 6.07) is 13.6. The number of nitrogens with zero attached hydrogens (tertiary/aromatic N) is 2.